The largest absolute Gasteiger partial charge is 0.489 e. The first-order valence-corrected chi connectivity index (χ1v) is 7.60. The maximum atomic E-state index is 5.99. The van der Waals surface area contributed by atoms with Crippen LogP contribution in [0.25, 0.3) is 0 Å². The number of ether oxygens (including phenoxy) is 1. The molecular formula is C17H24ClNO. The number of benzene rings is 1. The lowest BCUT2D eigenvalue weighted by Gasteiger charge is -2.25. The Labute approximate surface area is 127 Å². The Kier molecular flexibility index (Phi) is 8.18. The highest BCUT2D eigenvalue weighted by Crippen LogP contribution is 2.19. The van der Waals surface area contributed by atoms with E-state index in [0.29, 0.717) is 11.1 Å². The molecular weight excluding hydrogens is 270 g/mol. The highest BCUT2D eigenvalue weighted by atomic mass is 35.5. The maximum Gasteiger partial charge on any atom is 0.121 e. The van der Waals surface area contributed by atoms with Crippen molar-refractivity contribution < 1.29 is 4.74 Å². The summed E-state index contributed by atoms with van der Waals surface area (Å²) in [6.07, 6.45) is 3.07. The normalized spacial score (nSPS) is 13.2. The van der Waals surface area contributed by atoms with Crippen LogP contribution >= 0.6 is 11.6 Å². The molecule has 0 heterocycles. The molecule has 1 rings (SSSR count). The van der Waals surface area contributed by atoms with Gasteiger partial charge in [-0.05, 0) is 51.4 Å². The molecule has 1 aromatic rings. The molecule has 0 aliphatic carbocycles. The zero-order valence-corrected chi connectivity index (χ0v) is 13.3. The number of nitrogens with one attached hydrogen (secondary N) is 1. The average molecular weight is 294 g/mol. The van der Waals surface area contributed by atoms with Gasteiger partial charge in [-0.25, -0.2) is 0 Å². The predicted molar refractivity (Wildman–Crippen MR) is 86.3 cm³/mol. The van der Waals surface area contributed by atoms with Crippen LogP contribution < -0.4 is 10.1 Å². The summed E-state index contributed by atoms with van der Waals surface area (Å²) in [5, 5.41) is 4.24. The molecule has 0 amide bonds. The monoisotopic (exact) mass is 293 g/mol. The minimum atomic E-state index is 0.0821. The van der Waals surface area contributed by atoms with E-state index in [1.165, 1.54) is 0 Å². The topological polar surface area (TPSA) is 21.3 Å². The zero-order valence-electron chi connectivity index (χ0n) is 12.6. The molecule has 2 unspecified atom stereocenters. The highest BCUT2D eigenvalue weighted by Gasteiger charge is 2.17. The lowest BCUT2D eigenvalue weighted by atomic mass is 10.1. The smallest absolute Gasteiger partial charge is 0.121 e. The van der Waals surface area contributed by atoms with Gasteiger partial charge in [-0.1, -0.05) is 24.6 Å². The fourth-order valence-electron chi connectivity index (χ4n) is 2.02. The number of hydrogen-bond acceptors (Lipinski definition) is 2. The zero-order chi connectivity index (χ0) is 14.8. The van der Waals surface area contributed by atoms with Crippen molar-refractivity contribution in [2.75, 3.05) is 6.54 Å². The minimum Gasteiger partial charge on any atom is -0.489 e. The van der Waals surface area contributed by atoms with Crippen molar-refractivity contribution in [3.05, 3.63) is 29.3 Å². The van der Waals surface area contributed by atoms with E-state index in [1.807, 2.05) is 31.2 Å². The molecule has 2 atom stereocenters. The van der Waals surface area contributed by atoms with Crippen LogP contribution in [0.5, 0.6) is 5.75 Å². The van der Waals surface area contributed by atoms with Gasteiger partial charge in [0.25, 0.3) is 0 Å². The van der Waals surface area contributed by atoms with E-state index in [4.69, 9.17) is 16.3 Å². The molecule has 0 saturated heterocycles. The van der Waals surface area contributed by atoms with Gasteiger partial charge in [0.15, 0.2) is 0 Å². The molecule has 0 aromatic heterocycles. The number of rotatable bonds is 8. The van der Waals surface area contributed by atoms with E-state index in [9.17, 15) is 0 Å². The Balaban J connectivity index is 2.60. The lowest BCUT2D eigenvalue weighted by molar-refractivity contribution is 0.165. The molecule has 0 radical (unpaired) electrons. The van der Waals surface area contributed by atoms with Crippen molar-refractivity contribution in [2.24, 2.45) is 0 Å². The summed E-state index contributed by atoms with van der Waals surface area (Å²) < 4.78 is 5.99. The molecule has 1 aromatic carbocycles. The second-order valence-corrected chi connectivity index (χ2v) is 5.24. The van der Waals surface area contributed by atoms with Gasteiger partial charge in [0.2, 0.25) is 0 Å². The first kappa shape index (κ1) is 16.9. The number of hydrogen-bond donors (Lipinski definition) is 1. The van der Waals surface area contributed by atoms with Crippen LogP contribution in [0.2, 0.25) is 5.02 Å². The molecule has 0 aliphatic rings. The first-order valence-electron chi connectivity index (χ1n) is 7.22. The van der Waals surface area contributed by atoms with E-state index in [0.717, 1.165) is 31.6 Å². The summed E-state index contributed by atoms with van der Waals surface area (Å²) in [4.78, 5) is 0. The van der Waals surface area contributed by atoms with Gasteiger partial charge in [-0.15, -0.1) is 11.8 Å². The van der Waals surface area contributed by atoms with Gasteiger partial charge in [0.05, 0.1) is 0 Å². The first-order chi connectivity index (χ1) is 9.67. The van der Waals surface area contributed by atoms with Crippen LogP contribution in [-0.4, -0.2) is 18.7 Å². The summed E-state index contributed by atoms with van der Waals surface area (Å²) in [5.41, 5.74) is 0. The Morgan fingerprint density at radius 2 is 2.20 bits per heavy atom. The molecule has 0 spiro atoms. The van der Waals surface area contributed by atoms with Gasteiger partial charge in [0, 0.05) is 17.5 Å². The van der Waals surface area contributed by atoms with Gasteiger partial charge < -0.3 is 10.1 Å². The fraction of sp³-hybridized carbons (Fsp3) is 0.529. The second kappa shape index (κ2) is 9.69. The minimum absolute atomic E-state index is 0.0821. The van der Waals surface area contributed by atoms with E-state index >= 15 is 0 Å². The second-order valence-electron chi connectivity index (χ2n) is 4.81. The van der Waals surface area contributed by atoms with Crippen molar-refractivity contribution in [2.45, 2.75) is 52.2 Å². The third-order valence-corrected chi connectivity index (χ3v) is 3.33. The van der Waals surface area contributed by atoms with Crippen LogP contribution in [0.4, 0.5) is 0 Å². The van der Waals surface area contributed by atoms with Crippen molar-refractivity contribution in [1.82, 2.24) is 5.32 Å². The molecule has 0 fully saturated rings. The summed E-state index contributed by atoms with van der Waals surface area (Å²) >= 11 is 5.98. The maximum absolute atomic E-state index is 5.99. The third kappa shape index (κ3) is 6.32. The van der Waals surface area contributed by atoms with E-state index in [2.05, 4.69) is 31.0 Å². The molecule has 2 nitrogen and oxygen atoms in total. The standard InChI is InChI=1S/C17H24ClNO/c1-4-6-7-11-17(19-12-5-2)14(3)20-16-10-8-9-15(18)13-16/h8-10,13-14,17,19H,5,7,11-12H2,1-3H3. The Morgan fingerprint density at radius 1 is 1.40 bits per heavy atom. The number of halogens is 1. The van der Waals surface area contributed by atoms with Gasteiger partial charge in [0.1, 0.15) is 11.9 Å². The van der Waals surface area contributed by atoms with E-state index in [-0.39, 0.29) is 6.10 Å². The summed E-state index contributed by atoms with van der Waals surface area (Å²) in [6.45, 7) is 7.12. The summed E-state index contributed by atoms with van der Waals surface area (Å²) in [6, 6.07) is 7.84. The summed E-state index contributed by atoms with van der Waals surface area (Å²) in [7, 11) is 0. The van der Waals surface area contributed by atoms with E-state index < -0.39 is 0 Å². The van der Waals surface area contributed by atoms with Crippen molar-refractivity contribution in [3.63, 3.8) is 0 Å². The molecule has 0 saturated carbocycles. The van der Waals surface area contributed by atoms with Crippen molar-refractivity contribution in [3.8, 4) is 17.6 Å². The fourth-order valence-corrected chi connectivity index (χ4v) is 2.20. The van der Waals surface area contributed by atoms with Gasteiger partial charge in [-0.3, -0.25) is 0 Å². The Hall–Kier alpha value is -1.17. The summed E-state index contributed by atoms with van der Waals surface area (Å²) in [5.74, 6) is 6.87. The molecule has 1 N–H and O–H groups in total. The lowest BCUT2D eigenvalue weighted by Crippen LogP contribution is -2.41. The van der Waals surface area contributed by atoms with Crippen LogP contribution in [0.15, 0.2) is 24.3 Å². The predicted octanol–water partition coefficient (Wildman–Crippen LogP) is 4.28. The average Bonchev–Trinajstić information content (AvgIpc) is 2.42. The Bertz CT molecular complexity index is 450. The van der Waals surface area contributed by atoms with Crippen molar-refractivity contribution >= 4 is 11.6 Å². The van der Waals surface area contributed by atoms with Crippen LogP contribution in [0.3, 0.4) is 0 Å². The van der Waals surface area contributed by atoms with Crippen molar-refractivity contribution in [1.29, 1.82) is 0 Å². The van der Waals surface area contributed by atoms with Gasteiger partial charge in [-0.2, -0.15) is 0 Å². The van der Waals surface area contributed by atoms with Crippen LogP contribution in [-0.2, 0) is 0 Å². The molecule has 110 valence electrons. The molecule has 0 bridgehead atoms. The molecule has 3 heteroatoms. The third-order valence-electron chi connectivity index (χ3n) is 3.10. The molecule has 0 aliphatic heterocycles. The van der Waals surface area contributed by atoms with Crippen LogP contribution in [0, 0.1) is 11.8 Å². The SMILES string of the molecule is CC#CCCC(NCCC)C(C)Oc1cccc(Cl)c1. The molecule has 20 heavy (non-hydrogen) atoms. The Morgan fingerprint density at radius 3 is 2.85 bits per heavy atom. The van der Waals surface area contributed by atoms with Gasteiger partial charge >= 0.3 is 0 Å². The quantitative estimate of drug-likeness (QED) is 0.722. The van der Waals surface area contributed by atoms with Crippen LogP contribution in [0.1, 0.15) is 40.0 Å². The highest BCUT2D eigenvalue weighted by molar-refractivity contribution is 6.30. The van der Waals surface area contributed by atoms with E-state index in [1.54, 1.807) is 0 Å².